The standard InChI is InChI=1S/C16H22ClFN2O2/c17-14-8-13(18)3-2-12(14)9-19-4-1-5-20(7-6-19)15-10-22-11-16(15)21/h2-3,8,15-16,21H,1,4-7,9-11H2/t15-,16-/m0/s1. The van der Waals surface area contributed by atoms with Crippen LogP contribution in [0.3, 0.4) is 0 Å². The van der Waals surface area contributed by atoms with Crippen molar-refractivity contribution in [3.8, 4) is 0 Å². The molecule has 0 unspecified atom stereocenters. The van der Waals surface area contributed by atoms with Crippen LogP contribution in [0.1, 0.15) is 12.0 Å². The molecule has 1 aromatic rings. The second kappa shape index (κ2) is 7.23. The van der Waals surface area contributed by atoms with E-state index in [0.717, 1.165) is 44.7 Å². The van der Waals surface area contributed by atoms with Gasteiger partial charge in [0.25, 0.3) is 0 Å². The van der Waals surface area contributed by atoms with Gasteiger partial charge in [0.2, 0.25) is 0 Å². The molecule has 2 heterocycles. The molecule has 22 heavy (non-hydrogen) atoms. The highest BCUT2D eigenvalue weighted by molar-refractivity contribution is 6.31. The largest absolute Gasteiger partial charge is 0.389 e. The van der Waals surface area contributed by atoms with E-state index in [4.69, 9.17) is 16.3 Å². The molecule has 122 valence electrons. The van der Waals surface area contributed by atoms with Crippen LogP contribution in [-0.4, -0.2) is 66.4 Å². The summed E-state index contributed by atoms with van der Waals surface area (Å²) in [5.41, 5.74) is 0.959. The first kappa shape index (κ1) is 16.1. The summed E-state index contributed by atoms with van der Waals surface area (Å²) in [5, 5.41) is 10.5. The van der Waals surface area contributed by atoms with E-state index < -0.39 is 0 Å². The average Bonchev–Trinajstić information content (AvgIpc) is 2.78. The van der Waals surface area contributed by atoms with Crippen molar-refractivity contribution < 1.29 is 14.2 Å². The van der Waals surface area contributed by atoms with Crippen LogP contribution in [0.2, 0.25) is 5.02 Å². The van der Waals surface area contributed by atoms with E-state index in [1.165, 1.54) is 12.1 Å². The smallest absolute Gasteiger partial charge is 0.124 e. The van der Waals surface area contributed by atoms with Gasteiger partial charge in [0.1, 0.15) is 5.82 Å². The highest BCUT2D eigenvalue weighted by atomic mass is 35.5. The number of rotatable bonds is 3. The van der Waals surface area contributed by atoms with Crippen molar-refractivity contribution in [3.05, 3.63) is 34.6 Å². The Kier molecular flexibility index (Phi) is 5.31. The Morgan fingerprint density at radius 2 is 2.09 bits per heavy atom. The van der Waals surface area contributed by atoms with E-state index in [1.54, 1.807) is 6.07 Å². The van der Waals surface area contributed by atoms with Gasteiger partial charge in [-0.05, 0) is 37.2 Å². The molecule has 0 bridgehead atoms. The number of aliphatic hydroxyl groups excluding tert-OH is 1. The van der Waals surface area contributed by atoms with E-state index >= 15 is 0 Å². The number of ether oxygens (including phenoxy) is 1. The van der Waals surface area contributed by atoms with Gasteiger partial charge in [-0.2, -0.15) is 0 Å². The SMILES string of the molecule is O[C@H]1COC[C@@H]1N1CCCN(Cc2ccc(F)cc2Cl)CC1. The lowest BCUT2D eigenvalue weighted by molar-refractivity contribution is 0.0837. The van der Waals surface area contributed by atoms with Crippen molar-refractivity contribution in [3.63, 3.8) is 0 Å². The minimum atomic E-state index is -0.377. The van der Waals surface area contributed by atoms with Gasteiger partial charge in [0.15, 0.2) is 0 Å². The molecule has 1 aromatic carbocycles. The number of benzene rings is 1. The van der Waals surface area contributed by atoms with Crippen LogP contribution in [0.15, 0.2) is 18.2 Å². The minimum Gasteiger partial charge on any atom is -0.389 e. The second-order valence-electron chi connectivity index (χ2n) is 6.07. The van der Waals surface area contributed by atoms with Crippen LogP contribution in [0.25, 0.3) is 0 Å². The van der Waals surface area contributed by atoms with Crippen molar-refractivity contribution in [2.24, 2.45) is 0 Å². The first-order valence-corrected chi connectivity index (χ1v) is 8.17. The fraction of sp³-hybridized carbons (Fsp3) is 0.625. The topological polar surface area (TPSA) is 35.9 Å². The van der Waals surface area contributed by atoms with Crippen molar-refractivity contribution in [1.82, 2.24) is 9.80 Å². The van der Waals surface area contributed by atoms with Gasteiger partial charge in [-0.25, -0.2) is 4.39 Å². The van der Waals surface area contributed by atoms with Crippen molar-refractivity contribution >= 4 is 11.6 Å². The lowest BCUT2D eigenvalue weighted by atomic mass is 10.2. The molecule has 0 spiro atoms. The van der Waals surface area contributed by atoms with Crippen LogP contribution in [-0.2, 0) is 11.3 Å². The summed E-state index contributed by atoms with van der Waals surface area (Å²) in [6, 6.07) is 4.70. The normalized spacial score (nSPS) is 28.0. The lowest BCUT2D eigenvalue weighted by Crippen LogP contribution is -2.44. The molecule has 0 aliphatic carbocycles. The van der Waals surface area contributed by atoms with E-state index in [9.17, 15) is 9.50 Å². The van der Waals surface area contributed by atoms with Gasteiger partial charge >= 0.3 is 0 Å². The van der Waals surface area contributed by atoms with Gasteiger partial charge in [0, 0.05) is 24.7 Å². The van der Waals surface area contributed by atoms with E-state index in [2.05, 4.69) is 9.80 Å². The molecule has 1 N–H and O–H groups in total. The maximum absolute atomic E-state index is 13.1. The summed E-state index contributed by atoms with van der Waals surface area (Å²) in [6.45, 7) is 5.56. The van der Waals surface area contributed by atoms with Gasteiger partial charge < -0.3 is 9.84 Å². The van der Waals surface area contributed by atoms with Crippen LogP contribution < -0.4 is 0 Å². The van der Waals surface area contributed by atoms with Gasteiger partial charge in [-0.1, -0.05) is 17.7 Å². The fourth-order valence-electron chi connectivity index (χ4n) is 3.25. The number of halogens is 2. The molecule has 6 heteroatoms. The summed E-state index contributed by atoms with van der Waals surface area (Å²) in [5.74, 6) is -0.300. The first-order valence-electron chi connectivity index (χ1n) is 7.79. The Morgan fingerprint density at radius 1 is 1.23 bits per heavy atom. The van der Waals surface area contributed by atoms with Crippen molar-refractivity contribution in [1.29, 1.82) is 0 Å². The maximum atomic E-state index is 13.1. The molecule has 2 aliphatic heterocycles. The molecular formula is C16H22ClFN2O2. The Hall–Kier alpha value is -0.720. The van der Waals surface area contributed by atoms with E-state index in [-0.39, 0.29) is 18.0 Å². The maximum Gasteiger partial charge on any atom is 0.124 e. The highest BCUT2D eigenvalue weighted by Gasteiger charge is 2.32. The zero-order chi connectivity index (χ0) is 15.5. The lowest BCUT2D eigenvalue weighted by Gasteiger charge is -2.28. The van der Waals surface area contributed by atoms with Gasteiger partial charge in [-0.15, -0.1) is 0 Å². The van der Waals surface area contributed by atoms with Crippen LogP contribution in [0.5, 0.6) is 0 Å². The Bertz CT molecular complexity index is 517. The second-order valence-corrected chi connectivity index (χ2v) is 6.48. The molecule has 0 aromatic heterocycles. The monoisotopic (exact) mass is 328 g/mol. The zero-order valence-electron chi connectivity index (χ0n) is 12.5. The summed E-state index contributed by atoms with van der Waals surface area (Å²) in [7, 11) is 0. The van der Waals surface area contributed by atoms with Crippen molar-refractivity contribution in [2.75, 3.05) is 39.4 Å². The molecule has 2 aliphatic rings. The number of aliphatic hydroxyl groups is 1. The zero-order valence-corrected chi connectivity index (χ0v) is 13.3. The molecule has 0 radical (unpaired) electrons. The van der Waals surface area contributed by atoms with Crippen molar-refractivity contribution in [2.45, 2.75) is 25.1 Å². The highest BCUT2D eigenvalue weighted by Crippen LogP contribution is 2.21. The van der Waals surface area contributed by atoms with Crippen LogP contribution in [0, 0.1) is 5.82 Å². The predicted molar refractivity (Wildman–Crippen MR) is 83.5 cm³/mol. The molecule has 0 saturated carbocycles. The molecule has 3 rings (SSSR count). The number of hydrogen-bond donors (Lipinski definition) is 1. The quantitative estimate of drug-likeness (QED) is 0.917. The minimum absolute atomic E-state index is 0.120. The Labute approximate surface area is 135 Å². The fourth-order valence-corrected chi connectivity index (χ4v) is 3.48. The Morgan fingerprint density at radius 3 is 2.82 bits per heavy atom. The predicted octanol–water partition coefficient (Wildman–Crippen LogP) is 1.75. The first-order chi connectivity index (χ1) is 10.6. The molecule has 2 atom stereocenters. The van der Waals surface area contributed by atoms with E-state index in [1.807, 2.05) is 0 Å². The average molecular weight is 329 g/mol. The number of hydrogen-bond acceptors (Lipinski definition) is 4. The third-order valence-corrected chi connectivity index (χ3v) is 4.87. The molecule has 2 fully saturated rings. The third kappa shape index (κ3) is 3.78. The van der Waals surface area contributed by atoms with E-state index in [0.29, 0.717) is 18.2 Å². The van der Waals surface area contributed by atoms with Crippen LogP contribution in [0.4, 0.5) is 4.39 Å². The molecule has 2 saturated heterocycles. The van der Waals surface area contributed by atoms with Gasteiger partial charge in [-0.3, -0.25) is 9.80 Å². The summed E-state index contributed by atoms with van der Waals surface area (Å²) in [4.78, 5) is 4.66. The molecule has 0 amide bonds. The summed E-state index contributed by atoms with van der Waals surface area (Å²) in [6.07, 6.45) is 0.667. The number of nitrogens with zero attached hydrogens (tertiary/aromatic N) is 2. The molecular weight excluding hydrogens is 307 g/mol. The van der Waals surface area contributed by atoms with Crippen LogP contribution >= 0.6 is 11.6 Å². The Balaban J connectivity index is 1.58. The summed E-state index contributed by atoms with van der Waals surface area (Å²) >= 11 is 6.11. The third-order valence-electron chi connectivity index (χ3n) is 4.52. The van der Waals surface area contributed by atoms with Gasteiger partial charge in [0.05, 0.1) is 25.4 Å². The molecule has 4 nitrogen and oxygen atoms in total. The summed E-state index contributed by atoms with van der Waals surface area (Å²) < 4.78 is 18.5.